The van der Waals surface area contributed by atoms with Gasteiger partial charge >= 0.3 is 0 Å². The van der Waals surface area contributed by atoms with Gasteiger partial charge in [-0.2, -0.15) is 9.61 Å². The Bertz CT molecular complexity index is 857. The molecule has 0 aliphatic carbocycles. The third-order valence-corrected chi connectivity index (χ3v) is 5.49. The number of fused-ring (bicyclic) bond motifs is 1. The number of rotatable bonds is 3. The molecular weight excluding hydrogens is 355 g/mol. The van der Waals surface area contributed by atoms with Crippen LogP contribution in [0.5, 0.6) is 5.88 Å². The predicted molar refractivity (Wildman–Crippen MR) is 88.2 cm³/mol. The summed E-state index contributed by atoms with van der Waals surface area (Å²) in [6.07, 6.45) is 1.37. The predicted octanol–water partition coefficient (Wildman–Crippen LogP) is 2.71. The van der Waals surface area contributed by atoms with E-state index >= 15 is 0 Å². The molecule has 1 N–H and O–H groups in total. The number of morpholine rings is 1. The van der Waals surface area contributed by atoms with Crippen LogP contribution in [-0.2, 0) is 4.74 Å². The molecule has 0 radical (unpaired) electrons. The fourth-order valence-electron chi connectivity index (χ4n) is 2.96. The minimum atomic E-state index is -0.518. The van der Waals surface area contributed by atoms with Gasteiger partial charge in [-0.15, -0.1) is 0 Å². The Morgan fingerprint density at radius 3 is 2.83 bits per heavy atom. The van der Waals surface area contributed by atoms with Crippen LogP contribution in [0.15, 0.2) is 24.5 Å². The summed E-state index contributed by atoms with van der Waals surface area (Å²) in [4.78, 5) is 7.28. The van der Waals surface area contributed by atoms with Crippen molar-refractivity contribution in [2.75, 3.05) is 26.3 Å². The van der Waals surface area contributed by atoms with Crippen molar-refractivity contribution >= 4 is 27.9 Å². The molecule has 3 aromatic rings. The van der Waals surface area contributed by atoms with Crippen LogP contribution in [0.25, 0.3) is 4.96 Å². The number of thiazole rings is 1. The Morgan fingerprint density at radius 2 is 2.12 bits per heavy atom. The summed E-state index contributed by atoms with van der Waals surface area (Å²) in [7, 11) is 0. The highest BCUT2D eigenvalue weighted by Gasteiger charge is 2.33. The summed E-state index contributed by atoms with van der Waals surface area (Å²) in [5.41, 5.74) is 0.348. The van der Waals surface area contributed by atoms with Crippen LogP contribution in [0.2, 0.25) is 5.02 Å². The van der Waals surface area contributed by atoms with Crippen LogP contribution < -0.4 is 0 Å². The van der Waals surface area contributed by atoms with E-state index in [4.69, 9.17) is 16.3 Å². The van der Waals surface area contributed by atoms with Crippen LogP contribution >= 0.6 is 22.9 Å². The lowest BCUT2D eigenvalue weighted by molar-refractivity contribution is 0.0235. The second-order valence-electron chi connectivity index (χ2n) is 5.43. The van der Waals surface area contributed by atoms with E-state index in [1.54, 1.807) is 12.1 Å². The number of ether oxygens (including phenoxy) is 1. The lowest BCUT2D eigenvalue weighted by Gasteiger charge is -2.34. The molecule has 9 heteroatoms. The molecule has 24 heavy (non-hydrogen) atoms. The average molecular weight is 369 g/mol. The van der Waals surface area contributed by atoms with Crippen molar-refractivity contribution in [2.45, 2.75) is 6.04 Å². The first kappa shape index (κ1) is 15.8. The lowest BCUT2D eigenvalue weighted by atomic mass is 10.0. The Balaban J connectivity index is 1.89. The van der Waals surface area contributed by atoms with Crippen LogP contribution in [-0.4, -0.2) is 50.9 Å². The van der Waals surface area contributed by atoms with E-state index < -0.39 is 11.9 Å². The molecule has 1 aliphatic heterocycles. The quantitative estimate of drug-likeness (QED) is 0.770. The standard InChI is InChI=1S/C15H14ClFN4O2S/c16-9-2-1-3-10(17)11(9)12(20-4-6-23-7-5-20)13-14(22)21-15(24-13)18-8-19-21/h1-3,8,12,22H,4-7H2. The first-order valence-electron chi connectivity index (χ1n) is 7.44. The third kappa shape index (κ3) is 2.55. The van der Waals surface area contributed by atoms with Gasteiger partial charge in [-0.05, 0) is 12.1 Å². The average Bonchev–Trinajstić information content (AvgIpc) is 3.16. The molecule has 0 amide bonds. The number of benzene rings is 1. The highest BCUT2D eigenvalue weighted by atomic mass is 35.5. The summed E-state index contributed by atoms with van der Waals surface area (Å²) in [6, 6.07) is 4.08. The molecule has 1 aromatic carbocycles. The highest BCUT2D eigenvalue weighted by Crippen LogP contribution is 2.42. The summed E-state index contributed by atoms with van der Waals surface area (Å²) in [5, 5.41) is 14.9. The molecule has 1 atom stereocenters. The number of aromatic nitrogens is 3. The zero-order chi connectivity index (χ0) is 16.7. The monoisotopic (exact) mass is 368 g/mol. The van der Waals surface area contributed by atoms with E-state index in [-0.39, 0.29) is 5.88 Å². The lowest BCUT2D eigenvalue weighted by Crippen LogP contribution is -2.39. The van der Waals surface area contributed by atoms with Gasteiger partial charge in [0, 0.05) is 23.7 Å². The molecule has 6 nitrogen and oxygen atoms in total. The second-order valence-corrected chi connectivity index (χ2v) is 6.85. The Labute approximate surface area is 146 Å². The molecule has 1 saturated heterocycles. The highest BCUT2D eigenvalue weighted by molar-refractivity contribution is 7.17. The third-order valence-electron chi connectivity index (χ3n) is 4.07. The van der Waals surface area contributed by atoms with Crippen LogP contribution in [0.1, 0.15) is 16.5 Å². The summed E-state index contributed by atoms with van der Waals surface area (Å²) in [5.74, 6) is -0.444. The van der Waals surface area contributed by atoms with Gasteiger partial charge in [0.15, 0.2) is 0 Å². The van der Waals surface area contributed by atoms with Crippen LogP contribution in [0, 0.1) is 5.82 Å². The van der Waals surface area contributed by atoms with Crippen molar-refractivity contribution in [1.82, 2.24) is 19.5 Å². The SMILES string of the molecule is Oc1c(C(c2c(F)cccc2Cl)N2CCOCC2)sc2ncnn12. The van der Waals surface area contributed by atoms with Gasteiger partial charge in [-0.1, -0.05) is 29.0 Å². The number of nitrogens with zero attached hydrogens (tertiary/aromatic N) is 4. The summed E-state index contributed by atoms with van der Waals surface area (Å²) >= 11 is 7.58. The van der Waals surface area contributed by atoms with Gasteiger partial charge in [-0.25, -0.2) is 9.37 Å². The van der Waals surface area contributed by atoms with Gasteiger partial charge in [-0.3, -0.25) is 4.90 Å². The fraction of sp³-hybridized carbons (Fsp3) is 0.333. The van der Waals surface area contributed by atoms with Crippen molar-refractivity contribution in [2.24, 2.45) is 0 Å². The zero-order valence-corrected chi connectivity index (χ0v) is 14.1. The van der Waals surface area contributed by atoms with Crippen molar-refractivity contribution in [3.63, 3.8) is 0 Å². The van der Waals surface area contributed by atoms with Crippen molar-refractivity contribution in [3.05, 3.63) is 45.8 Å². The molecule has 126 valence electrons. The maximum atomic E-state index is 14.6. The Hall–Kier alpha value is -1.74. The topological polar surface area (TPSA) is 62.9 Å². The molecule has 1 aliphatic rings. The number of halogens is 2. The normalized spacial score (nSPS) is 17.4. The maximum absolute atomic E-state index is 14.6. The van der Waals surface area contributed by atoms with Gasteiger partial charge in [0.1, 0.15) is 12.1 Å². The van der Waals surface area contributed by atoms with E-state index in [2.05, 4.69) is 15.0 Å². The molecule has 1 unspecified atom stereocenters. The molecule has 2 aromatic heterocycles. The van der Waals surface area contributed by atoms with Crippen molar-refractivity contribution < 1.29 is 14.2 Å². The first-order chi connectivity index (χ1) is 11.7. The Kier molecular flexibility index (Phi) is 4.13. The molecule has 0 bridgehead atoms. The van der Waals surface area contributed by atoms with E-state index in [1.165, 1.54) is 28.2 Å². The Morgan fingerprint density at radius 1 is 1.33 bits per heavy atom. The summed E-state index contributed by atoms with van der Waals surface area (Å²) < 4.78 is 21.3. The zero-order valence-electron chi connectivity index (χ0n) is 12.5. The van der Waals surface area contributed by atoms with E-state index in [9.17, 15) is 9.50 Å². The van der Waals surface area contributed by atoms with Crippen LogP contribution in [0.3, 0.4) is 0 Å². The minimum absolute atomic E-state index is 0.0386. The molecular formula is C15H14ClFN4O2S. The smallest absolute Gasteiger partial charge is 0.230 e. The van der Waals surface area contributed by atoms with Gasteiger partial charge < -0.3 is 9.84 Å². The van der Waals surface area contributed by atoms with Gasteiger partial charge in [0.05, 0.1) is 24.1 Å². The fourth-order valence-corrected chi connectivity index (χ4v) is 4.30. The maximum Gasteiger partial charge on any atom is 0.230 e. The number of hydrogen-bond acceptors (Lipinski definition) is 6. The molecule has 0 saturated carbocycles. The van der Waals surface area contributed by atoms with Gasteiger partial charge in [0.2, 0.25) is 10.8 Å². The van der Waals surface area contributed by atoms with E-state index in [0.29, 0.717) is 46.7 Å². The van der Waals surface area contributed by atoms with Crippen molar-refractivity contribution in [3.8, 4) is 5.88 Å². The van der Waals surface area contributed by atoms with Crippen molar-refractivity contribution in [1.29, 1.82) is 0 Å². The largest absolute Gasteiger partial charge is 0.492 e. The molecule has 0 spiro atoms. The van der Waals surface area contributed by atoms with Gasteiger partial charge in [0.25, 0.3) is 0 Å². The number of hydrogen-bond donors (Lipinski definition) is 1. The van der Waals surface area contributed by atoms with E-state index in [0.717, 1.165) is 0 Å². The minimum Gasteiger partial charge on any atom is -0.492 e. The first-order valence-corrected chi connectivity index (χ1v) is 8.63. The molecule has 1 fully saturated rings. The molecule has 3 heterocycles. The number of aromatic hydroxyl groups is 1. The second kappa shape index (κ2) is 6.29. The molecule has 4 rings (SSSR count). The summed E-state index contributed by atoms with van der Waals surface area (Å²) in [6.45, 7) is 2.32. The van der Waals surface area contributed by atoms with Crippen LogP contribution in [0.4, 0.5) is 4.39 Å². The van der Waals surface area contributed by atoms with E-state index in [1.807, 2.05) is 0 Å².